The van der Waals surface area contributed by atoms with E-state index in [1.807, 2.05) is 12.1 Å². The van der Waals surface area contributed by atoms with Gasteiger partial charge in [-0.25, -0.2) is 13.6 Å². The Hall–Kier alpha value is -2.76. The Kier molecular flexibility index (Phi) is 8.76. The number of benzene rings is 3. The van der Waals surface area contributed by atoms with E-state index >= 15 is 0 Å². The highest BCUT2D eigenvalue weighted by Gasteiger charge is 2.27. The highest BCUT2D eigenvalue weighted by molar-refractivity contribution is 8.23. The van der Waals surface area contributed by atoms with E-state index < -0.39 is 10.0 Å². The lowest BCUT2D eigenvalue weighted by atomic mass is 9.96. The first-order valence-corrected chi connectivity index (χ1v) is 14.4. The fourth-order valence-corrected chi connectivity index (χ4v) is 5.76. The first-order chi connectivity index (χ1) is 17.3. The standard InChI is InChI=1S/C26H28N4O3S3/c27-36(32,33)23-13-11-22(12-14-23)28-24(31)19-35-26(34)30-17-15-29(16-18-30)25(20-7-3-1-4-8-20)21-9-5-2-6-10-21/h1-14,25H,15-19H2,(H,28,31)(H2,27,32,33). The number of hydrogen-bond acceptors (Lipinski definition) is 6. The number of rotatable bonds is 7. The molecule has 36 heavy (non-hydrogen) atoms. The van der Waals surface area contributed by atoms with Crippen molar-refractivity contribution in [3.8, 4) is 0 Å². The lowest BCUT2D eigenvalue weighted by molar-refractivity contribution is -0.113. The number of hydrogen-bond donors (Lipinski definition) is 2. The van der Waals surface area contributed by atoms with Crippen LogP contribution in [0.3, 0.4) is 0 Å². The summed E-state index contributed by atoms with van der Waals surface area (Å²) in [6.45, 7) is 3.30. The van der Waals surface area contributed by atoms with Gasteiger partial charge in [0.25, 0.3) is 0 Å². The highest BCUT2D eigenvalue weighted by atomic mass is 32.2. The van der Waals surface area contributed by atoms with Crippen LogP contribution in [0, 0.1) is 0 Å². The fourth-order valence-electron chi connectivity index (χ4n) is 4.19. The second-order valence-electron chi connectivity index (χ2n) is 8.42. The van der Waals surface area contributed by atoms with Gasteiger partial charge >= 0.3 is 0 Å². The largest absolute Gasteiger partial charge is 0.355 e. The van der Waals surface area contributed by atoms with Crippen LogP contribution in [0.15, 0.2) is 89.8 Å². The third kappa shape index (κ3) is 6.92. The first kappa shape index (κ1) is 26.3. The number of piperazine rings is 1. The second kappa shape index (κ2) is 12.0. The quantitative estimate of drug-likeness (QED) is 0.441. The van der Waals surface area contributed by atoms with Gasteiger partial charge in [0.05, 0.1) is 16.7 Å². The molecule has 0 aromatic heterocycles. The second-order valence-corrected chi connectivity index (χ2v) is 11.6. The number of thiocarbonyl (C=S) groups is 1. The molecule has 0 unspecified atom stereocenters. The van der Waals surface area contributed by atoms with E-state index in [0.29, 0.717) is 10.0 Å². The molecule has 0 spiro atoms. The van der Waals surface area contributed by atoms with Gasteiger partial charge in [-0.15, -0.1) is 0 Å². The van der Waals surface area contributed by atoms with E-state index in [4.69, 9.17) is 17.4 Å². The molecule has 1 amide bonds. The molecule has 3 aromatic rings. The van der Waals surface area contributed by atoms with E-state index in [0.717, 1.165) is 26.2 Å². The van der Waals surface area contributed by atoms with Crippen LogP contribution < -0.4 is 10.5 Å². The van der Waals surface area contributed by atoms with Crippen molar-refractivity contribution in [1.82, 2.24) is 9.80 Å². The number of amides is 1. The third-order valence-electron chi connectivity index (χ3n) is 5.96. The Bertz CT molecular complexity index is 1240. The van der Waals surface area contributed by atoms with Crippen molar-refractivity contribution >= 4 is 49.9 Å². The number of carbonyl (C=O) groups excluding carboxylic acids is 1. The number of sulfonamides is 1. The number of nitrogens with zero attached hydrogens (tertiary/aromatic N) is 2. The normalized spacial score (nSPS) is 14.6. The molecule has 1 fully saturated rings. The smallest absolute Gasteiger partial charge is 0.238 e. The highest BCUT2D eigenvalue weighted by Crippen LogP contribution is 2.30. The summed E-state index contributed by atoms with van der Waals surface area (Å²) in [5.41, 5.74) is 3.03. The zero-order valence-corrected chi connectivity index (χ0v) is 22.1. The third-order valence-corrected chi connectivity index (χ3v) is 8.41. The molecule has 0 saturated carbocycles. The molecule has 1 heterocycles. The molecule has 4 rings (SSSR count). The molecule has 188 valence electrons. The van der Waals surface area contributed by atoms with Gasteiger partial charge in [0.15, 0.2) is 0 Å². The summed E-state index contributed by atoms with van der Waals surface area (Å²) in [6, 6.07) is 27.0. The van der Waals surface area contributed by atoms with Gasteiger partial charge in [-0.2, -0.15) is 0 Å². The van der Waals surface area contributed by atoms with Gasteiger partial charge in [0.2, 0.25) is 15.9 Å². The Balaban J connectivity index is 1.29. The Morgan fingerprint density at radius 2 is 1.42 bits per heavy atom. The Morgan fingerprint density at radius 1 is 0.889 bits per heavy atom. The predicted molar refractivity (Wildman–Crippen MR) is 149 cm³/mol. The monoisotopic (exact) mass is 540 g/mol. The van der Waals surface area contributed by atoms with Crippen molar-refractivity contribution < 1.29 is 13.2 Å². The lowest BCUT2D eigenvalue weighted by Crippen LogP contribution is -2.49. The van der Waals surface area contributed by atoms with E-state index in [-0.39, 0.29) is 22.6 Å². The number of thioether (sulfide) groups is 1. The minimum Gasteiger partial charge on any atom is -0.355 e. The molecule has 0 bridgehead atoms. The maximum Gasteiger partial charge on any atom is 0.238 e. The maximum absolute atomic E-state index is 12.4. The number of nitrogens with one attached hydrogen (secondary N) is 1. The van der Waals surface area contributed by atoms with Crippen LogP contribution in [0.5, 0.6) is 0 Å². The lowest BCUT2D eigenvalue weighted by Gasteiger charge is -2.40. The average Bonchev–Trinajstić information content (AvgIpc) is 2.89. The zero-order chi connectivity index (χ0) is 25.5. The summed E-state index contributed by atoms with van der Waals surface area (Å²) in [5, 5.41) is 7.86. The number of primary sulfonamides is 1. The van der Waals surface area contributed by atoms with Gasteiger partial charge < -0.3 is 10.2 Å². The van der Waals surface area contributed by atoms with Gasteiger partial charge in [0, 0.05) is 31.9 Å². The zero-order valence-electron chi connectivity index (χ0n) is 19.6. The summed E-state index contributed by atoms with van der Waals surface area (Å²) in [6.07, 6.45) is 0. The molecule has 3 N–H and O–H groups in total. The maximum atomic E-state index is 12.4. The van der Waals surface area contributed by atoms with Crippen molar-refractivity contribution in [2.24, 2.45) is 5.14 Å². The molecular weight excluding hydrogens is 513 g/mol. The number of nitrogens with two attached hydrogens (primary N) is 1. The molecule has 0 aliphatic carbocycles. The van der Waals surface area contributed by atoms with E-state index in [1.165, 1.54) is 47.2 Å². The molecule has 3 aromatic carbocycles. The van der Waals surface area contributed by atoms with Gasteiger partial charge in [-0.1, -0.05) is 84.6 Å². The van der Waals surface area contributed by atoms with Crippen LogP contribution in [-0.4, -0.2) is 60.4 Å². The van der Waals surface area contributed by atoms with Gasteiger partial charge in [0.1, 0.15) is 4.32 Å². The summed E-state index contributed by atoms with van der Waals surface area (Å²) in [4.78, 5) is 17.0. The summed E-state index contributed by atoms with van der Waals surface area (Å²) in [5.74, 6) is -0.0373. The number of anilines is 1. The topological polar surface area (TPSA) is 95.7 Å². The van der Waals surface area contributed by atoms with Crippen molar-refractivity contribution in [2.75, 3.05) is 37.2 Å². The average molecular weight is 541 g/mol. The minimum atomic E-state index is -3.77. The van der Waals surface area contributed by atoms with E-state index in [2.05, 4.69) is 63.6 Å². The molecule has 10 heteroatoms. The van der Waals surface area contributed by atoms with Crippen LogP contribution in [0.1, 0.15) is 17.2 Å². The molecule has 0 radical (unpaired) electrons. The molecule has 1 aliphatic rings. The molecule has 1 aliphatic heterocycles. The Labute approximate surface area is 221 Å². The van der Waals surface area contributed by atoms with Gasteiger partial charge in [-0.3, -0.25) is 9.69 Å². The van der Waals surface area contributed by atoms with E-state index in [9.17, 15) is 13.2 Å². The van der Waals surface area contributed by atoms with Crippen LogP contribution >= 0.6 is 24.0 Å². The summed E-state index contributed by atoms with van der Waals surface area (Å²) in [7, 11) is -3.77. The first-order valence-electron chi connectivity index (χ1n) is 11.5. The summed E-state index contributed by atoms with van der Waals surface area (Å²) >= 11 is 6.95. The molecule has 1 saturated heterocycles. The molecule has 7 nitrogen and oxygen atoms in total. The number of carbonyl (C=O) groups is 1. The van der Waals surface area contributed by atoms with E-state index in [1.54, 1.807) is 0 Å². The van der Waals surface area contributed by atoms with Crippen molar-refractivity contribution in [1.29, 1.82) is 0 Å². The van der Waals surface area contributed by atoms with Crippen molar-refractivity contribution in [3.63, 3.8) is 0 Å². The summed E-state index contributed by atoms with van der Waals surface area (Å²) < 4.78 is 23.4. The van der Waals surface area contributed by atoms with Crippen LogP contribution in [0.2, 0.25) is 0 Å². The fraction of sp³-hybridized carbons (Fsp3) is 0.231. The van der Waals surface area contributed by atoms with Crippen molar-refractivity contribution in [2.45, 2.75) is 10.9 Å². The van der Waals surface area contributed by atoms with Crippen LogP contribution in [0.4, 0.5) is 5.69 Å². The Morgan fingerprint density at radius 3 is 1.92 bits per heavy atom. The van der Waals surface area contributed by atoms with Crippen molar-refractivity contribution in [3.05, 3.63) is 96.1 Å². The predicted octanol–water partition coefficient (Wildman–Crippen LogP) is 3.70. The van der Waals surface area contributed by atoms with Crippen LogP contribution in [0.25, 0.3) is 0 Å². The molecule has 0 atom stereocenters. The van der Waals surface area contributed by atoms with Gasteiger partial charge in [-0.05, 0) is 35.4 Å². The minimum absolute atomic E-state index is 0.00281. The van der Waals surface area contributed by atoms with Crippen LogP contribution in [-0.2, 0) is 14.8 Å². The SMILES string of the molecule is NS(=O)(=O)c1ccc(NC(=O)CSC(=S)N2CCN(C(c3ccccc3)c3ccccc3)CC2)cc1. The molecular formula is C26H28N4O3S3.